The predicted octanol–water partition coefficient (Wildman–Crippen LogP) is 6.62. The Morgan fingerprint density at radius 3 is 2.63 bits per heavy atom. The van der Waals surface area contributed by atoms with Crippen LogP contribution >= 0.6 is 27.5 Å². The maximum atomic E-state index is 13.2. The third-order valence-corrected chi connectivity index (χ3v) is 6.19. The largest absolute Gasteiger partial charge is 0.493 e. The summed E-state index contributed by atoms with van der Waals surface area (Å²) in [6.07, 6.45) is 4.20. The monoisotopic (exact) mass is 553 g/mol. The summed E-state index contributed by atoms with van der Waals surface area (Å²) in [6.45, 7) is 2.49. The van der Waals surface area contributed by atoms with Crippen LogP contribution in [0.2, 0.25) is 5.02 Å². The smallest absolute Gasteiger partial charge is 0.282 e. The minimum absolute atomic E-state index is 0.200. The first-order valence-electron chi connectivity index (χ1n) is 11.3. The van der Waals surface area contributed by atoms with E-state index in [-0.39, 0.29) is 5.56 Å². The molecule has 0 aliphatic carbocycles. The number of aromatic nitrogens is 2. The Morgan fingerprint density at radius 2 is 1.89 bits per heavy atom. The fourth-order valence-corrected chi connectivity index (χ4v) is 4.05. The molecule has 1 aromatic heterocycles. The Kier molecular flexibility index (Phi) is 8.21. The van der Waals surface area contributed by atoms with E-state index in [1.54, 1.807) is 19.4 Å². The Morgan fingerprint density at radius 1 is 1.09 bits per heavy atom. The van der Waals surface area contributed by atoms with Crippen molar-refractivity contribution >= 4 is 44.6 Å². The lowest BCUT2D eigenvalue weighted by Gasteiger charge is -2.12. The summed E-state index contributed by atoms with van der Waals surface area (Å²) in [6, 6.07) is 18.5. The van der Waals surface area contributed by atoms with Gasteiger partial charge in [0, 0.05) is 15.9 Å². The van der Waals surface area contributed by atoms with Crippen LogP contribution in [0.1, 0.15) is 36.7 Å². The van der Waals surface area contributed by atoms with Crippen molar-refractivity contribution in [3.8, 4) is 11.5 Å². The molecule has 0 saturated carbocycles. The number of hydrogen-bond donors (Lipinski definition) is 0. The second kappa shape index (κ2) is 11.5. The first-order chi connectivity index (χ1) is 17.0. The van der Waals surface area contributed by atoms with E-state index in [1.165, 1.54) is 4.68 Å². The van der Waals surface area contributed by atoms with E-state index in [0.717, 1.165) is 28.4 Å². The van der Waals surface area contributed by atoms with Gasteiger partial charge in [0.25, 0.3) is 5.56 Å². The zero-order valence-electron chi connectivity index (χ0n) is 19.5. The van der Waals surface area contributed by atoms with Gasteiger partial charge in [-0.15, -0.1) is 0 Å². The highest BCUT2D eigenvalue weighted by atomic mass is 79.9. The molecule has 0 atom stereocenters. The van der Waals surface area contributed by atoms with Crippen molar-refractivity contribution in [3.63, 3.8) is 0 Å². The van der Waals surface area contributed by atoms with E-state index in [9.17, 15) is 4.79 Å². The molecule has 180 valence electrons. The van der Waals surface area contributed by atoms with Gasteiger partial charge in [0.05, 0.1) is 24.2 Å². The van der Waals surface area contributed by atoms with Crippen LogP contribution in [0.15, 0.2) is 75.0 Å². The van der Waals surface area contributed by atoms with Crippen molar-refractivity contribution in [1.29, 1.82) is 0 Å². The zero-order valence-corrected chi connectivity index (χ0v) is 21.8. The predicted molar refractivity (Wildman–Crippen MR) is 144 cm³/mol. The minimum atomic E-state index is -0.200. The molecule has 0 aliphatic rings. The van der Waals surface area contributed by atoms with Crippen LogP contribution in [0.3, 0.4) is 0 Å². The van der Waals surface area contributed by atoms with Gasteiger partial charge in [0.15, 0.2) is 11.5 Å². The topological polar surface area (TPSA) is 65.7 Å². The molecule has 0 fully saturated rings. The van der Waals surface area contributed by atoms with E-state index in [2.05, 4.69) is 28.0 Å². The van der Waals surface area contributed by atoms with Gasteiger partial charge < -0.3 is 9.47 Å². The number of aryl methyl sites for hydroxylation is 1. The summed E-state index contributed by atoms with van der Waals surface area (Å²) in [7, 11) is 1.59. The van der Waals surface area contributed by atoms with E-state index in [0.29, 0.717) is 46.3 Å². The number of methoxy groups -OCH3 is 1. The molecule has 4 aromatic rings. The second-order valence-electron chi connectivity index (χ2n) is 7.98. The van der Waals surface area contributed by atoms with Crippen LogP contribution in [0, 0.1) is 0 Å². The molecule has 0 saturated heterocycles. The fourth-order valence-electron chi connectivity index (χ4n) is 3.56. The number of nitrogens with zero attached hydrogens (tertiary/aromatic N) is 3. The molecule has 0 spiro atoms. The van der Waals surface area contributed by atoms with Crippen molar-refractivity contribution in [3.05, 3.63) is 97.5 Å². The molecule has 35 heavy (non-hydrogen) atoms. The lowest BCUT2D eigenvalue weighted by molar-refractivity contribution is 0.284. The van der Waals surface area contributed by atoms with Crippen LogP contribution in [0.5, 0.6) is 11.5 Å². The number of benzene rings is 3. The molecule has 4 rings (SSSR count). The van der Waals surface area contributed by atoms with Crippen LogP contribution in [-0.4, -0.2) is 23.0 Å². The molecular formula is C27H25BrClN3O3. The normalized spacial score (nSPS) is 11.3. The highest BCUT2D eigenvalue weighted by molar-refractivity contribution is 9.10. The maximum Gasteiger partial charge on any atom is 0.282 e. The minimum Gasteiger partial charge on any atom is -0.493 e. The van der Waals surface area contributed by atoms with Crippen molar-refractivity contribution in [2.45, 2.75) is 32.8 Å². The van der Waals surface area contributed by atoms with Crippen LogP contribution in [0.25, 0.3) is 10.9 Å². The summed E-state index contributed by atoms with van der Waals surface area (Å²) < 4.78 is 13.7. The van der Waals surface area contributed by atoms with Crippen molar-refractivity contribution in [2.24, 2.45) is 5.10 Å². The second-order valence-corrected chi connectivity index (χ2v) is 9.33. The summed E-state index contributed by atoms with van der Waals surface area (Å²) in [4.78, 5) is 17.9. The Hall–Kier alpha value is -3.16. The number of rotatable bonds is 9. The van der Waals surface area contributed by atoms with E-state index < -0.39 is 0 Å². The molecule has 3 aromatic carbocycles. The fraction of sp³-hybridized carbons (Fsp3) is 0.222. The number of hydrogen-bond acceptors (Lipinski definition) is 5. The van der Waals surface area contributed by atoms with E-state index >= 15 is 0 Å². The third-order valence-electron chi connectivity index (χ3n) is 5.45. The van der Waals surface area contributed by atoms with Crippen molar-refractivity contribution in [2.75, 3.05) is 7.11 Å². The number of ether oxygens (including phenoxy) is 2. The van der Waals surface area contributed by atoms with Crippen LogP contribution in [-0.2, 0) is 13.0 Å². The number of halogens is 2. The van der Waals surface area contributed by atoms with Crippen LogP contribution in [0.4, 0.5) is 0 Å². The van der Waals surface area contributed by atoms with Gasteiger partial charge in [-0.3, -0.25) is 4.79 Å². The van der Waals surface area contributed by atoms with Crippen LogP contribution < -0.4 is 15.0 Å². The SMILES string of the molecule is CCCCc1nc2ccc(Br)cc2c(=O)n1N=Cc1ccc(OCc2ccc(Cl)cc2)c(OC)c1. The lowest BCUT2D eigenvalue weighted by Crippen LogP contribution is -2.22. The van der Waals surface area contributed by atoms with Crippen molar-refractivity contribution in [1.82, 2.24) is 9.66 Å². The first kappa shape index (κ1) is 24.9. The summed E-state index contributed by atoms with van der Waals surface area (Å²) in [5.41, 5.74) is 2.23. The molecule has 0 unspecified atom stereocenters. The quantitative estimate of drug-likeness (QED) is 0.218. The third kappa shape index (κ3) is 6.10. The standard InChI is InChI=1S/C27H25BrClN3O3/c1-3-4-5-26-31-23-12-9-20(28)15-22(23)27(33)32(26)30-16-19-8-13-24(25(14-19)34-2)35-17-18-6-10-21(29)11-7-18/h6-16H,3-5,17H2,1-2H3. The molecule has 0 radical (unpaired) electrons. The Bertz CT molecular complexity index is 1420. The van der Waals surface area contributed by atoms with Gasteiger partial charge in [-0.1, -0.05) is 53.0 Å². The molecular weight excluding hydrogens is 530 g/mol. The average molecular weight is 555 g/mol. The highest BCUT2D eigenvalue weighted by Crippen LogP contribution is 2.28. The van der Waals surface area contributed by atoms with Gasteiger partial charge in [0.2, 0.25) is 0 Å². The lowest BCUT2D eigenvalue weighted by atomic mass is 10.2. The molecule has 0 bridgehead atoms. The van der Waals surface area contributed by atoms with Gasteiger partial charge in [0.1, 0.15) is 12.4 Å². The number of unbranched alkanes of at least 4 members (excludes halogenated alkanes) is 1. The number of fused-ring (bicyclic) bond motifs is 1. The summed E-state index contributed by atoms with van der Waals surface area (Å²) in [5, 5.41) is 5.70. The molecule has 1 heterocycles. The summed E-state index contributed by atoms with van der Waals surface area (Å²) >= 11 is 9.38. The maximum absolute atomic E-state index is 13.2. The van der Waals surface area contributed by atoms with Crippen molar-refractivity contribution < 1.29 is 9.47 Å². The summed E-state index contributed by atoms with van der Waals surface area (Å²) in [5.74, 6) is 1.82. The zero-order chi connectivity index (χ0) is 24.8. The molecule has 8 heteroatoms. The van der Waals surface area contributed by atoms with Gasteiger partial charge in [-0.25, -0.2) is 4.98 Å². The van der Waals surface area contributed by atoms with E-state index in [4.69, 9.17) is 26.1 Å². The van der Waals surface area contributed by atoms with Gasteiger partial charge in [-0.05, 0) is 66.1 Å². The molecule has 6 nitrogen and oxygen atoms in total. The molecule has 0 aliphatic heterocycles. The molecule has 0 N–H and O–H groups in total. The Labute approximate surface area is 217 Å². The highest BCUT2D eigenvalue weighted by Gasteiger charge is 2.11. The van der Waals surface area contributed by atoms with Gasteiger partial charge in [-0.2, -0.15) is 9.78 Å². The average Bonchev–Trinajstić information content (AvgIpc) is 2.87. The van der Waals surface area contributed by atoms with E-state index in [1.807, 2.05) is 54.6 Å². The Balaban J connectivity index is 1.62. The first-order valence-corrected chi connectivity index (χ1v) is 12.5. The van der Waals surface area contributed by atoms with Gasteiger partial charge >= 0.3 is 0 Å². The molecule has 0 amide bonds.